The van der Waals surface area contributed by atoms with E-state index in [0.29, 0.717) is 11.4 Å². The summed E-state index contributed by atoms with van der Waals surface area (Å²) in [6, 6.07) is 14.2. The number of anilines is 1. The molecule has 0 heterocycles. The van der Waals surface area contributed by atoms with Crippen molar-refractivity contribution in [3.8, 4) is 5.75 Å². The van der Waals surface area contributed by atoms with Gasteiger partial charge in [0.25, 0.3) is 0 Å². The average Bonchev–Trinajstić information content (AvgIpc) is 2.48. The highest BCUT2D eigenvalue weighted by Gasteiger charge is 2.29. The Balaban J connectivity index is 2.33. The van der Waals surface area contributed by atoms with Crippen molar-refractivity contribution in [1.82, 2.24) is 0 Å². The van der Waals surface area contributed by atoms with E-state index in [1.54, 1.807) is 24.3 Å². The van der Waals surface area contributed by atoms with Gasteiger partial charge in [0.2, 0.25) is 0 Å². The van der Waals surface area contributed by atoms with Gasteiger partial charge < -0.3 is 15.5 Å². The zero-order chi connectivity index (χ0) is 14.6. The molecule has 106 valence electrons. The van der Waals surface area contributed by atoms with Crippen molar-refractivity contribution in [2.75, 3.05) is 11.9 Å². The Labute approximate surface area is 123 Å². The minimum Gasteiger partial charge on any atom is -0.508 e. The predicted octanol–water partition coefficient (Wildman–Crippen LogP) is 3.76. The molecule has 0 aliphatic rings. The van der Waals surface area contributed by atoms with Crippen LogP contribution >= 0.6 is 11.6 Å². The Morgan fingerprint density at radius 2 is 1.65 bits per heavy atom. The molecule has 3 nitrogen and oxygen atoms in total. The Bertz CT molecular complexity index is 548. The first-order valence-corrected chi connectivity index (χ1v) is 6.91. The molecule has 4 heteroatoms. The number of hydrogen-bond donors (Lipinski definition) is 3. The molecule has 0 bridgehead atoms. The first kappa shape index (κ1) is 14.7. The number of benzene rings is 2. The Morgan fingerprint density at radius 3 is 2.15 bits per heavy atom. The van der Waals surface area contributed by atoms with E-state index >= 15 is 0 Å². The average molecular weight is 292 g/mol. The van der Waals surface area contributed by atoms with Crippen LogP contribution in [-0.4, -0.2) is 16.8 Å². The van der Waals surface area contributed by atoms with E-state index in [2.05, 4.69) is 5.32 Å². The van der Waals surface area contributed by atoms with Crippen molar-refractivity contribution in [3.63, 3.8) is 0 Å². The first-order valence-electron chi connectivity index (χ1n) is 6.54. The van der Waals surface area contributed by atoms with Gasteiger partial charge in [0.15, 0.2) is 0 Å². The molecule has 0 aliphatic carbocycles. The molecule has 0 saturated heterocycles. The normalized spacial score (nSPS) is 13.8. The molecule has 1 atom stereocenters. The summed E-state index contributed by atoms with van der Waals surface area (Å²) in [6.07, 6.45) is 0.705. The predicted molar refractivity (Wildman–Crippen MR) is 82.2 cm³/mol. The fraction of sp³-hybridized carbons (Fsp3) is 0.250. The highest BCUT2D eigenvalue weighted by molar-refractivity contribution is 6.30. The lowest BCUT2D eigenvalue weighted by molar-refractivity contribution is 0.207. The lowest BCUT2D eigenvalue weighted by Crippen LogP contribution is -2.38. The highest BCUT2D eigenvalue weighted by atomic mass is 35.5. The molecular weight excluding hydrogens is 274 g/mol. The van der Waals surface area contributed by atoms with E-state index in [9.17, 15) is 10.2 Å². The summed E-state index contributed by atoms with van der Waals surface area (Å²) in [5, 5.41) is 23.3. The molecule has 20 heavy (non-hydrogen) atoms. The second-order valence-corrected chi connectivity index (χ2v) is 5.21. The van der Waals surface area contributed by atoms with Crippen LogP contribution in [0.5, 0.6) is 5.75 Å². The van der Waals surface area contributed by atoms with Gasteiger partial charge in [0.05, 0.1) is 12.1 Å². The number of aliphatic hydroxyl groups excluding tert-OH is 1. The topological polar surface area (TPSA) is 52.5 Å². The molecule has 0 radical (unpaired) electrons. The lowest BCUT2D eigenvalue weighted by atomic mass is 9.87. The van der Waals surface area contributed by atoms with Crippen LogP contribution in [0.2, 0.25) is 5.02 Å². The van der Waals surface area contributed by atoms with Gasteiger partial charge in [-0.3, -0.25) is 0 Å². The number of aliphatic hydroxyl groups is 1. The summed E-state index contributed by atoms with van der Waals surface area (Å²) in [7, 11) is 0. The summed E-state index contributed by atoms with van der Waals surface area (Å²) in [6.45, 7) is 1.96. The minimum absolute atomic E-state index is 0.0447. The van der Waals surface area contributed by atoms with Crippen LogP contribution < -0.4 is 5.32 Å². The van der Waals surface area contributed by atoms with Gasteiger partial charge in [0, 0.05) is 10.7 Å². The van der Waals surface area contributed by atoms with Crippen LogP contribution in [0, 0.1) is 0 Å². The molecule has 0 saturated carbocycles. The van der Waals surface area contributed by atoms with Crippen LogP contribution in [0.25, 0.3) is 0 Å². The molecule has 2 aromatic carbocycles. The molecule has 2 aromatic rings. The van der Waals surface area contributed by atoms with Gasteiger partial charge in [-0.1, -0.05) is 30.7 Å². The lowest BCUT2D eigenvalue weighted by Gasteiger charge is -2.33. The van der Waals surface area contributed by atoms with E-state index in [-0.39, 0.29) is 12.4 Å². The molecule has 0 amide bonds. The number of nitrogens with one attached hydrogen (secondary N) is 1. The number of halogens is 1. The maximum absolute atomic E-state index is 9.86. The van der Waals surface area contributed by atoms with E-state index < -0.39 is 5.54 Å². The summed E-state index contributed by atoms with van der Waals surface area (Å²) in [4.78, 5) is 0. The van der Waals surface area contributed by atoms with Crippen molar-refractivity contribution in [2.45, 2.75) is 18.9 Å². The van der Waals surface area contributed by atoms with Crippen LogP contribution in [0.1, 0.15) is 18.9 Å². The zero-order valence-corrected chi connectivity index (χ0v) is 12.1. The molecule has 2 rings (SSSR count). The highest BCUT2D eigenvalue weighted by Crippen LogP contribution is 2.31. The van der Waals surface area contributed by atoms with Gasteiger partial charge in [-0.05, 0) is 48.4 Å². The van der Waals surface area contributed by atoms with Crippen LogP contribution in [0.15, 0.2) is 48.5 Å². The molecule has 1 unspecified atom stereocenters. The summed E-state index contributed by atoms with van der Waals surface area (Å²) in [5.74, 6) is 0.211. The second kappa shape index (κ2) is 6.16. The minimum atomic E-state index is -0.582. The third-order valence-corrected chi connectivity index (χ3v) is 3.77. The number of hydrogen-bond acceptors (Lipinski definition) is 3. The number of phenols is 1. The van der Waals surface area contributed by atoms with Crippen molar-refractivity contribution in [3.05, 3.63) is 59.1 Å². The summed E-state index contributed by atoms with van der Waals surface area (Å²) in [5.41, 5.74) is 1.23. The summed E-state index contributed by atoms with van der Waals surface area (Å²) < 4.78 is 0. The molecule has 0 aromatic heterocycles. The summed E-state index contributed by atoms with van der Waals surface area (Å²) >= 11 is 5.88. The van der Waals surface area contributed by atoms with Gasteiger partial charge in [-0.25, -0.2) is 0 Å². The largest absolute Gasteiger partial charge is 0.508 e. The van der Waals surface area contributed by atoms with E-state index in [0.717, 1.165) is 11.3 Å². The molecule has 0 fully saturated rings. The van der Waals surface area contributed by atoms with Gasteiger partial charge in [0.1, 0.15) is 5.75 Å². The van der Waals surface area contributed by atoms with Crippen molar-refractivity contribution in [1.29, 1.82) is 0 Å². The number of phenolic OH excluding ortho intramolecular Hbond substituents is 1. The second-order valence-electron chi connectivity index (χ2n) is 4.77. The fourth-order valence-corrected chi connectivity index (χ4v) is 2.32. The number of rotatable bonds is 5. The monoisotopic (exact) mass is 291 g/mol. The van der Waals surface area contributed by atoms with Crippen LogP contribution in [0.4, 0.5) is 5.69 Å². The standard InChI is InChI=1S/C16H18ClNO2/c1-2-16(11-19,12-3-9-15(20)10-4-12)18-14-7-5-13(17)6-8-14/h3-10,18-20H,2,11H2,1H3. The molecular formula is C16H18ClNO2. The van der Waals surface area contributed by atoms with Crippen molar-refractivity contribution < 1.29 is 10.2 Å². The zero-order valence-electron chi connectivity index (χ0n) is 11.3. The van der Waals surface area contributed by atoms with Crippen molar-refractivity contribution in [2.24, 2.45) is 0 Å². The number of aromatic hydroxyl groups is 1. The van der Waals surface area contributed by atoms with E-state index in [1.165, 1.54) is 0 Å². The maximum Gasteiger partial charge on any atom is 0.115 e. The van der Waals surface area contributed by atoms with Gasteiger partial charge in [-0.15, -0.1) is 0 Å². The maximum atomic E-state index is 9.86. The first-order chi connectivity index (χ1) is 9.59. The SMILES string of the molecule is CCC(CO)(Nc1ccc(Cl)cc1)c1ccc(O)cc1. The van der Waals surface area contributed by atoms with Gasteiger partial charge in [-0.2, -0.15) is 0 Å². The smallest absolute Gasteiger partial charge is 0.115 e. The quantitative estimate of drug-likeness (QED) is 0.786. The Kier molecular flexibility index (Phi) is 4.53. The Hall–Kier alpha value is -1.71. The third-order valence-electron chi connectivity index (χ3n) is 3.52. The molecule has 3 N–H and O–H groups in total. The van der Waals surface area contributed by atoms with Crippen LogP contribution in [0.3, 0.4) is 0 Å². The molecule has 0 aliphatic heterocycles. The van der Waals surface area contributed by atoms with Crippen LogP contribution in [-0.2, 0) is 5.54 Å². The van der Waals surface area contributed by atoms with Crippen molar-refractivity contribution >= 4 is 17.3 Å². The van der Waals surface area contributed by atoms with E-state index in [4.69, 9.17) is 11.6 Å². The fourth-order valence-electron chi connectivity index (χ4n) is 2.20. The molecule has 0 spiro atoms. The van der Waals surface area contributed by atoms with Gasteiger partial charge >= 0.3 is 0 Å². The van der Waals surface area contributed by atoms with E-state index in [1.807, 2.05) is 31.2 Å². The Morgan fingerprint density at radius 1 is 1.05 bits per heavy atom. The third kappa shape index (κ3) is 3.06.